The first-order valence-electron chi connectivity index (χ1n) is 15.6. The van der Waals surface area contributed by atoms with E-state index in [1.807, 2.05) is 54.5 Å². The number of hydrogen-bond donors (Lipinski definition) is 1. The normalized spacial score (nSPS) is 11.2. The Morgan fingerprint density at radius 2 is 1.15 bits per heavy atom. The monoisotopic (exact) mass is 662 g/mol. The van der Waals surface area contributed by atoms with Crippen LogP contribution in [0.2, 0.25) is 0 Å². The molecule has 1 N–H and O–H groups in total. The predicted molar refractivity (Wildman–Crippen MR) is 181 cm³/mol. The van der Waals surface area contributed by atoms with Gasteiger partial charge in [-0.05, 0) is 102 Å². The standard InChI is InChI=1S/C21H26FNO3.C17H18FNO3/c1-13(2)16-9-15(22)10-17(14-7-8-19(25-6)23-12-14)18(16)11-20(24)26-21(3,4)5;1-10(2)13-6-12(18)7-14(15(13)8-17(20)21)11-4-5-16(22-3)19-9-11/h7-10,12-13H,11H2,1-6H3;4-7,9-10H,8H2,1-3H3,(H,20,21). The van der Waals surface area contributed by atoms with Crippen LogP contribution in [0, 0.1) is 11.6 Å². The van der Waals surface area contributed by atoms with E-state index in [4.69, 9.17) is 19.3 Å². The molecule has 0 unspecified atom stereocenters. The summed E-state index contributed by atoms with van der Waals surface area (Å²) in [7, 11) is 3.05. The van der Waals surface area contributed by atoms with Gasteiger partial charge in [-0.15, -0.1) is 0 Å². The maximum absolute atomic E-state index is 14.2. The first kappa shape index (κ1) is 37.6. The first-order valence-corrected chi connectivity index (χ1v) is 15.6. The summed E-state index contributed by atoms with van der Waals surface area (Å²) in [4.78, 5) is 31.9. The number of hydrogen-bond acceptors (Lipinski definition) is 7. The number of carbonyl (C=O) groups excluding carboxylic acids is 1. The molecule has 0 atom stereocenters. The van der Waals surface area contributed by atoms with Gasteiger partial charge >= 0.3 is 11.9 Å². The molecule has 2 heterocycles. The van der Waals surface area contributed by atoms with Gasteiger partial charge in [0.25, 0.3) is 0 Å². The third kappa shape index (κ3) is 10.3. The zero-order valence-corrected chi connectivity index (χ0v) is 29.0. The summed E-state index contributed by atoms with van der Waals surface area (Å²) in [5.41, 5.74) is 4.91. The van der Waals surface area contributed by atoms with Gasteiger partial charge in [-0.2, -0.15) is 0 Å². The number of aromatic nitrogens is 2. The van der Waals surface area contributed by atoms with Gasteiger partial charge in [0, 0.05) is 35.7 Å². The summed E-state index contributed by atoms with van der Waals surface area (Å²) in [6, 6.07) is 12.6. The van der Waals surface area contributed by atoms with Crippen molar-refractivity contribution in [2.45, 2.75) is 78.7 Å². The van der Waals surface area contributed by atoms with Crippen LogP contribution in [-0.4, -0.2) is 46.8 Å². The molecule has 10 heteroatoms. The van der Waals surface area contributed by atoms with Crippen LogP contribution in [0.5, 0.6) is 11.8 Å². The molecular weight excluding hydrogens is 618 g/mol. The minimum absolute atomic E-state index is 0.0232. The Balaban J connectivity index is 0.000000264. The van der Waals surface area contributed by atoms with Gasteiger partial charge in [0.05, 0.1) is 27.1 Å². The number of carboxylic acid groups (broad SMARTS) is 1. The maximum Gasteiger partial charge on any atom is 0.310 e. The van der Waals surface area contributed by atoms with E-state index in [-0.39, 0.29) is 42.3 Å². The van der Waals surface area contributed by atoms with E-state index in [2.05, 4.69) is 9.97 Å². The fraction of sp³-hybridized carbons (Fsp3) is 0.368. The number of benzene rings is 2. The maximum atomic E-state index is 14.2. The molecule has 0 fully saturated rings. The smallest absolute Gasteiger partial charge is 0.310 e. The van der Waals surface area contributed by atoms with Crippen molar-refractivity contribution in [1.82, 2.24) is 9.97 Å². The van der Waals surface area contributed by atoms with Crippen molar-refractivity contribution in [3.63, 3.8) is 0 Å². The summed E-state index contributed by atoms with van der Waals surface area (Å²) >= 11 is 0. The minimum Gasteiger partial charge on any atom is -0.481 e. The third-order valence-electron chi connectivity index (χ3n) is 7.32. The Hall–Kier alpha value is -4.86. The highest BCUT2D eigenvalue weighted by Crippen LogP contribution is 2.34. The molecule has 0 aliphatic rings. The Labute approximate surface area is 281 Å². The van der Waals surface area contributed by atoms with Crippen LogP contribution in [0.1, 0.15) is 82.6 Å². The van der Waals surface area contributed by atoms with Crippen LogP contribution in [0.15, 0.2) is 60.9 Å². The Morgan fingerprint density at radius 3 is 1.46 bits per heavy atom. The van der Waals surface area contributed by atoms with Gasteiger partial charge in [-0.3, -0.25) is 9.59 Å². The second kappa shape index (κ2) is 16.3. The number of pyridine rings is 2. The molecule has 4 rings (SSSR count). The lowest BCUT2D eigenvalue weighted by Gasteiger charge is -2.22. The molecule has 0 bridgehead atoms. The lowest BCUT2D eigenvalue weighted by molar-refractivity contribution is -0.154. The molecule has 0 aliphatic carbocycles. The quantitative estimate of drug-likeness (QED) is 0.168. The van der Waals surface area contributed by atoms with E-state index < -0.39 is 11.6 Å². The number of ether oxygens (including phenoxy) is 3. The number of nitrogens with zero attached hydrogens (tertiary/aromatic N) is 2. The summed E-state index contributed by atoms with van der Waals surface area (Å²) in [6.45, 7) is 13.3. The molecule has 4 aromatic rings. The fourth-order valence-electron chi connectivity index (χ4n) is 5.25. The van der Waals surface area contributed by atoms with Crippen molar-refractivity contribution < 1.29 is 37.7 Å². The first-order chi connectivity index (χ1) is 22.5. The van der Waals surface area contributed by atoms with Crippen molar-refractivity contribution in [3.05, 3.63) is 94.8 Å². The SMILES string of the molecule is COc1ccc(-c2cc(F)cc(C(C)C)c2CC(=O)O)cn1.COc1ccc(-c2cc(F)cc(C(C)C)c2CC(=O)OC(C)(C)C)cn1. The Morgan fingerprint density at radius 1 is 0.729 bits per heavy atom. The third-order valence-corrected chi connectivity index (χ3v) is 7.32. The molecule has 0 spiro atoms. The Bertz CT molecular complexity index is 1710. The number of carbonyl (C=O) groups is 2. The summed E-state index contributed by atoms with van der Waals surface area (Å²) in [5, 5.41) is 9.17. The fourth-order valence-corrected chi connectivity index (χ4v) is 5.25. The largest absolute Gasteiger partial charge is 0.481 e. The summed E-state index contributed by atoms with van der Waals surface area (Å²) in [6.07, 6.45) is 3.10. The van der Waals surface area contributed by atoms with Crippen LogP contribution in [0.25, 0.3) is 22.3 Å². The highest BCUT2D eigenvalue weighted by atomic mass is 19.1. The molecule has 0 aliphatic heterocycles. The molecule has 0 saturated carbocycles. The molecule has 0 radical (unpaired) electrons. The number of halogens is 2. The van der Waals surface area contributed by atoms with Gasteiger partial charge in [-0.1, -0.05) is 27.7 Å². The summed E-state index contributed by atoms with van der Waals surface area (Å²) in [5.74, 6) is -1.00. The average molecular weight is 663 g/mol. The number of aliphatic carboxylic acids is 1. The Kier molecular flexibility index (Phi) is 12.8. The second-order valence-corrected chi connectivity index (χ2v) is 12.9. The molecule has 2 aromatic carbocycles. The summed E-state index contributed by atoms with van der Waals surface area (Å²) < 4.78 is 43.7. The van der Waals surface area contributed by atoms with E-state index >= 15 is 0 Å². The molecule has 0 saturated heterocycles. The second-order valence-electron chi connectivity index (χ2n) is 12.9. The van der Waals surface area contributed by atoms with E-state index in [0.717, 1.165) is 16.7 Å². The van der Waals surface area contributed by atoms with Crippen LogP contribution in [0.3, 0.4) is 0 Å². The highest BCUT2D eigenvalue weighted by Gasteiger charge is 2.22. The van der Waals surface area contributed by atoms with Crippen molar-refractivity contribution >= 4 is 11.9 Å². The van der Waals surface area contributed by atoms with Gasteiger partial charge < -0.3 is 19.3 Å². The number of methoxy groups -OCH3 is 2. The number of esters is 1. The lowest BCUT2D eigenvalue weighted by Crippen LogP contribution is -2.25. The topological polar surface area (TPSA) is 108 Å². The van der Waals surface area contributed by atoms with Gasteiger partial charge in [-0.25, -0.2) is 18.7 Å². The lowest BCUT2D eigenvalue weighted by atomic mass is 9.88. The van der Waals surface area contributed by atoms with Gasteiger partial charge in [0.1, 0.15) is 17.2 Å². The molecular formula is C38H44F2N2O6. The number of rotatable bonds is 10. The molecule has 0 amide bonds. The predicted octanol–water partition coefficient (Wildman–Crippen LogP) is 8.55. The van der Waals surface area contributed by atoms with Crippen molar-refractivity contribution in [2.75, 3.05) is 14.2 Å². The van der Waals surface area contributed by atoms with E-state index in [1.54, 1.807) is 30.6 Å². The van der Waals surface area contributed by atoms with E-state index in [0.29, 0.717) is 39.6 Å². The van der Waals surface area contributed by atoms with Crippen LogP contribution in [-0.2, 0) is 27.2 Å². The van der Waals surface area contributed by atoms with Gasteiger partial charge in [0.15, 0.2) is 0 Å². The molecule has 256 valence electrons. The zero-order chi connectivity index (χ0) is 35.8. The van der Waals surface area contributed by atoms with Crippen LogP contribution in [0.4, 0.5) is 8.78 Å². The molecule has 2 aromatic heterocycles. The average Bonchev–Trinajstić information content (AvgIpc) is 3.01. The van der Waals surface area contributed by atoms with Crippen molar-refractivity contribution in [2.24, 2.45) is 0 Å². The zero-order valence-electron chi connectivity index (χ0n) is 29.0. The highest BCUT2D eigenvalue weighted by molar-refractivity contribution is 5.80. The van der Waals surface area contributed by atoms with Crippen LogP contribution < -0.4 is 9.47 Å². The number of carboxylic acids is 1. The van der Waals surface area contributed by atoms with E-state index in [9.17, 15) is 18.4 Å². The van der Waals surface area contributed by atoms with Crippen molar-refractivity contribution in [1.29, 1.82) is 0 Å². The van der Waals surface area contributed by atoms with Crippen molar-refractivity contribution in [3.8, 4) is 34.0 Å². The minimum atomic E-state index is -0.948. The van der Waals surface area contributed by atoms with Crippen LogP contribution >= 0.6 is 0 Å². The van der Waals surface area contributed by atoms with E-state index in [1.165, 1.54) is 38.5 Å². The van der Waals surface area contributed by atoms with Gasteiger partial charge in [0.2, 0.25) is 11.8 Å². The molecule has 48 heavy (non-hydrogen) atoms. The molecule has 8 nitrogen and oxygen atoms in total.